The van der Waals surface area contributed by atoms with Gasteiger partial charge in [-0.3, -0.25) is 4.79 Å². The van der Waals surface area contributed by atoms with E-state index < -0.39 is 10.0 Å². The molecule has 1 fully saturated rings. The smallest absolute Gasteiger partial charge is 0.243 e. The van der Waals surface area contributed by atoms with Crippen LogP contribution in [-0.4, -0.2) is 38.8 Å². The molecule has 1 aliphatic rings. The van der Waals surface area contributed by atoms with Gasteiger partial charge in [0.05, 0.1) is 24.0 Å². The van der Waals surface area contributed by atoms with Crippen LogP contribution < -0.4 is 10.1 Å². The Hall–Kier alpha value is -2.32. The van der Waals surface area contributed by atoms with E-state index in [-0.39, 0.29) is 17.2 Å². The Morgan fingerprint density at radius 3 is 2.69 bits per heavy atom. The molecule has 2 aromatic rings. The van der Waals surface area contributed by atoms with Crippen LogP contribution in [0.15, 0.2) is 45.9 Å². The highest BCUT2D eigenvalue weighted by atomic mass is 32.2. The monoisotopic (exact) mass is 378 g/mol. The van der Waals surface area contributed by atoms with Crippen molar-refractivity contribution in [2.45, 2.75) is 30.6 Å². The average Bonchev–Trinajstić information content (AvgIpc) is 3.33. The van der Waals surface area contributed by atoms with Crippen LogP contribution in [0.3, 0.4) is 0 Å². The molecule has 0 saturated carbocycles. The van der Waals surface area contributed by atoms with Crippen LogP contribution in [0.4, 0.5) is 5.69 Å². The molecule has 1 saturated heterocycles. The maximum absolute atomic E-state index is 12.7. The minimum atomic E-state index is -3.56. The number of ether oxygens (including phenoxy) is 1. The Balaban J connectivity index is 1.76. The van der Waals surface area contributed by atoms with Gasteiger partial charge in [0.15, 0.2) is 0 Å². The van der Waals surface area contributed by atoms with Gasteiger partial charge in [-0.15, -0.1) is 0 Å². The first kappa shape index (κ1) is 18.5. The Morgan fingerprint density at radius 2 is 2.04 bits per heavy atom. The number of benzene rings is 1. The van der Waals surface area contributed by atoms with E-state index in [1.54, 1.807) is 24.5 Å². The molecule has 2 heterocycles. The topological polar surface area (TPSA) is 88.9 Å². The lowest BCUT2D eigenvalue weighted by molar-refractivity contribution is -0.116. The maximum atomic E-state index is 12.7. The van der Waals surface area contributed by atoms with Crippen LogP contribution in [0, 0.1) is 0 Å². The summed E-state index contributed by atoms with van der Waals surface area (Å²) in [5.74, 6) is 0.893. The second kappa shape index (κ2) is 7.92. The zero-order chi connectivity index (χ0) is 18.6. The van der Waals surface area contributed by atoms with E-state index in [4.69, 9.17) is 9.15 Å². The van der Waals surface area contributed by atoms with Crippen LogP contribution >= 0.6 is 0 Å². The lowest BCUT2D eigenvalue weighted by atomic mass is 10.2. The van der Waals surface area contributed by atoms with Gasteiger partial charge in [-0.2, -0.15) is 4.31 Å². The van der Waals surface area contributed by atoms with Gasteiger partial charge < -0.3 is 14.5 Å². The van der Waals surface area contributed by atoms with Gasteiger partial charge in [0.1, 0.15) is 11.5 Å². The summed E-state index contributed by atoms with van der Waals surface area (Å²) < 4.78 is 37.4. The van der Waals surface area contributed by atoms with Crippen LogP contribution in [0.2, 0.25) is 0 Å². The number of amides is 1. The number of carbonyl (C=O) groups excluding carboxylic acids is 1. The number of hydrogen-bond donors (Lipinski definition) is 1. The number of furan rings is 1. The summed E-state index contributed by atoms with van der Waals surface area (Å²) >= 11 is 0. The molecular weight excluding hydrogens is 356 g/mol. The number of rotatable bonds is 7. The number of hydrogen-bond acceptors (Lipinski definition) is 5. The third-order valence-corrected chi connectivity index (χ3v) is 6.22. The first-order chi connectivity index (χ1) is 12.5. The van der Waals surface area contributed by atoms with E-state index in [0.29, 0.717) is 30.9 Å². The van der Waals surface area contributed by atoms with Crippen LogP contribution in [0.1, 0.15) is 25.0 Å². The molecule has 0 aliphatic carbocycles. The van der Waals surface area contributed by atoms with Crippen LogP contribution in [-0.2, 0) is 21.2 Å². The third kappa shape index (κ3) is 4.08. The molecule has 0 atom stereocenters. The van der Waals surface area contributed by atoms with E-state index >= 15 is 0 Å². The first-order valence-corrected chi connectivity index (χ1v) is 9.95. The number of sulfonamides is 1. The highest BCUT2D eigenvalue weighted by molar-refractivity contribution is 7.89. The average molecular weight is 378 g/mol. The Labute approximate surface area is 153 Å². The van der Waals surface area contributed by atoms with Crippen molar-refractivity contribution in [3.8, 4) is 5.75 Å². The van der Waals surface area contributed by atoms with Crippen LogP contribution in [0.25, 0.3) is 0 Å². The van der Waals surface area contributed by atoms with Gasteiger partial charge in [0.25, 0.3) is 0 Å². The Morgan fingerprint density at radius 1 is 1.27 bits per heavy atom. The van der Waals surface area contributed by atoms with Crippen molar-refractivity contribution in [3.63, 3.8) is 0 Å². The zero-order valence-corrected chi connectivity index (χ0v) is 15.4. The van der Waals surface area contributed by atoms with Crippen molar-refractivity contribution in [2.24, 2.45) is 0 Å². The molecule has 1 amide bonds. The molecule has 8 heteroatoms. The summed E-state index contributed by atoms with van der Waals surface area (Å²) in [6.45, 7) is 1.05. The molecule has 0 radical (unpaired) electrons. The van der Waals surface area contributed by atoms with Gasteiger partial charge in [-0.25, -0.2) is 8.42 Å². The summed E-state index contributed by atoms with van der Waals surface area (Å²) in [6, 6.07) is 8.09. The quantitative estimate of drug-likeness (QED) is 0.800. The molecule has 1 aromatic heterocycles. The molecule has 0 unspecified atom stereocenters. The number of aryl methyl sites for hydroxylation is 1. The summed E-state index contributed by atoms with van der Waals surface area (Å²) in [6.07, 6.45) is 3.98. The molecule has 1 aromatic carbocycles. The Bertz CT molecular complexity index is 856. The minimum Gasteiger partial charge on any atom is -0.495 e. The van der Waals surface area contributed by atoms with Crippen LogP contribution in [0.5, 0.6) is 5.75 Å². The summed E-state index contributed by atoms with van der Waals surface area (Å²) in [5.41, 5.74) is 0.345. The van der Waals surface area contributed by atoms with E-state index in [2.05, 4.69) is 5.32 Å². The molecule has 140 valence electrons. The number of methoxy groups -OCH3 is 1. The normalized spacial score (nSPS) is 15.1. The fourth-order valence-corrected chi connectivity index (χ4v) is 4.47. The van der Waals surface area contributed by atoms with Crippen molar-refractivity contribution in [2.75, 3.05) is 25.5 Å². The van der Waals surface area contributed by atoms with E-state index in [9.17, 15) is 13.2 Å². The maximum Gasteiger partial charge on any atom is 0.243 e. The third-order valence-electron chi connectivity index (χ3n) is 4.33. The van der Waals surface area contributed by atoms with Crippen molar-refractivity contribution in [1.29, 1.82) is 0 Å². The lowest BCUT2D eigenvalue weighted by Gasteiger charge is -2.17. The first-order valence-electron chi connectivity index (χ1n) is 8.51. The molecule has 7 nitrogen and oxygen atoms in total. The molecular formula is C18H22N2O5S. The fourth-order valence-electron chi connectivity index (χ4n) is 2.93. The molecule has 1 aliphatic heterocycles. The standard InChI is InChI=1S/C18H22N2O5S/c1-24-17-8-7-15(26(22,23)20-10-2-3-11-20)13-16(17)19-18(21)9-6-14-5-4-12-25-14/h4-5,7-8,12-13H,2-3,6,9-11H2,1H3,(H,19,21). The summed E-state index contributed by atoms with van der Waals surface area (Å²) in [4.78, 5) is 12.4. The van der Waals surface area contributed by atoms with Crippen molar-refractivity contribution >= 4 is 21.6 Å². The number of carbonyl (C=O) groups is 1. The zero-order valence-electron chi connectivity index (χ0n) is 14.6. The van der Waals surface area contributed by atoms with Gasteiger partial charge in [0, 0.05) is 25.9 Å². The highest BCUT2D eigenvalue weighted by Gasteiger charge is 2.28. The van der Waals surface area contributed by atoms with E-state index in [0.717, 1.165) is 18.6 Å². The Kier molecular flexibility index (Phi) is 5.63. The summed E-state index contributed by atoms with van der Waals surface area (Å²) in [7, 11) is -2.08. The molecule has 0 bridgehead atoms. The molecule has 0 spiro atoms. The predicted octanol–water partition coefficient (Wildman–Crippen LogP) is 2.64. The number of nitrogens with one attached hydrogen (secondary N) is 1. The van der Waals surface area contributed by atoms with Crippen molar-refractivity contribution in [3.05, 3.63) is 42.4 Å². The number of anilines is 1. The largest absolute Gasteiger partial charge is 0.495 e. The molecule has 26 heavy (non-hydrogen) atoms. The second-order valence-electron chi connectivity index (χ2n) is 6.10. The van der Waals surface area contributed by atoms with Crippen molar-refractivity contribution in [1.82, 2.24) is 4.31 Å². The van der Waals surface area contributed by atoms with E-state index in [1.807, 2.05) is 0 Å². The van der Waals surface area contributed by atoms with Gasteiger partial charge in [-0.1, -0.05) is 0 Å². The van der Waals surface area contributed by atoms with Crippen molar-refractivity contribution < 1.29 is 22.4 Å². The molecule has 3 rings (SSSR count). The predicted molar refractivity (Wildman–Crippen MR) is 96.6 cm³/mol. The van der Waals surface area contributed by atoms with Gasteiger partial charge in [0.2, 0.25) is 15.9 Å². The lowest BCUT2D eigenvalue weighted by Crippen LogP contribution is -2.28. The molecule has 1 N–H and O–H groups in total. The fraction of sp³-hybridized carbons (Fsp3) is 0.389. The SMILES string of the molecule is COc1ccc(S(=O)(=O)N2CCCC2)cc1NC(=O)CCc1ccco1. The number of nitrogens with zero attached hydrogens (tertiary/aromatic N) is 1. The summed E-state index contributed by atoms with van der Waals surface area (Å²) in [5, 5.41) is 2.74. The van der Waals surface area contributed by atoms with Gasteiger partial charge >= 0.3 is 0 Å². The minimum absolute atomic E-state index is 0.154. The van der Waals surface area contributed by atoms with Gasteiger partial charge in [-0.05, 0) is 43.2 Å². The highest BCUT2D eigenvalue weighted by Crippen LogP contribution is 2.30. The second-order valence-corrected chi connectivity index (χ2v) is 8.04. The van der Waals surface area contributed by atoms with E-state index in [1.165, 1.54) is 23.5 Å².